The first-order chi connectivity index (χ1) is 8.93. The lowest BCUT2D eigenvalue weighted by Crippen LogP contribution is -2.00. The molecule has 0 saturated heterocycles. The van der Waals surface area contributed by atoms with E-state index in [1.807, 2.05) is 0 Å². The number of halogens is 4. The second-order valence-corrected chi connectivity index (χ2v) is 3.61. The van der Waals surface area contributed by atoms with E-state index in [4.69, 9.17) is 0 Å². The highest BCUT2D eigenvalue weighted by Gasteiger charge is 2.26. The molecule has 0 aliphatic carbocycles. The lowest BCUT2D eigenvalue weighted by Gasteiger charge is -2.07. The van der Waals surface area contributed by atoms with Crippen LogP contribution in [0.1, 0.15) is 0 Å². The summed E-state index contributed by atoms with van der Waals surface area (Å²) in [5.41, 5.74) is -2.46. The van der Waals surface area contributed by atoms with Crippen molar-refractivity contribution in [2.45, 2.75) is 0 Å². The van der Waals surface area contributed by atoms with E-state index in [-0.39, 0.29) is 0 Å². The zero-order valence-corrected chi connectivity index (χ0v) is 9.16. The van der Waals surface area contributed by atoms with Crippen molar-refractivity contribution < 1.29 is 22.5 Å². The Kier molecular flexibility index (Phi) is 3.20. The van der Waals surface area contributed by atoms with Gasteiger partial charge in [-0.25, -0.2) is 17.6 Å². The van der Waals surface area contributed by atoms with Gasteiger partial charge in [0.1, 0.15) is 5.56 Å². The van der Waals surface area contributed by atoms with Crippen LogP contribution in [0.2, 0.25) is 0 Å². The van der Waals surface area contributed by atoms with E-state index in [1.54, 1.807) is 0 Å². The van der Waals surface area contributed by atoms with Crippen LogP contribution in [0.25, 0.3) is 11.1 Å². The molecule has 2 aromatic rings. The van der Waals surface area contributed by atoms with Crippen molar-refractivity contribution in [2.24, 2.45) is 0 Å². The summed E-state index contributed by atoms with van der Waals surface area (Å²) in [4.78, 5) is 9.76. The molecule has 0 aliphatic rings. The Bertz CT molecular complexity index is 673. The summed E-state index contributed by atoms with van der Waals surface area (Å²) in [5, 5.41) is 10.8. The van der Waals surface area contributed by atoms with Gasteiger partial charge < -0.3 is 0 Å². The Morgan fingerprint density at radius 1 is 0.895 bits per heavy atom. The third-order valence-corrected chi connectivity index (χ3v) is 2.49. The van der Waals surface area contributed by atoms with Crippen molar-refractivity contribution in [1.29, 1.82) is 0 Å². The van der Waals surface area contributed by atoms with E-state index in [0.717, 1.165) is 18.2 Å². The van der Waals surface area contributed by atoms with Crippen LogP contribution in [0, 0.1) is 33.4 Å². The van der Waals surface area contributed by atoms with Crippen LogP contribution in [0.3, 0.4) is 0 Å². The average Bonchev–Trinajstić information content (AvgIpc) is 2.36. The van der Waals surface area contributed by atoms with Crippen LogP contribution in [-0.2, 0) is 0 Å². The van der Waals surface area contributed by atoms with Crippen molar-refractivity contribution in [2.75, 3.05) is 0 Å². The van der Waals surface area contributed by atoms with Gasteiger partial charge in [0.2, 0.25) is 0 Å². The minimum atomic E-state index is -1.60. The molecule has 0 spiro atoms. The molecular formula is C12H5F4NO2. The molecule has 7 heteroatoms. The number of nitrogens with zero attached hydrogens (tertiary/aromatic N) is 1. The molecule has 0 unspecified atom stereocenters. The van der Waals surface area contributed by atoms with Crippen LogP contribution in [-0.4, -0.2) is 4.92 Å². The highest BCUT2D eigenvalue weighted by Crippen LogP contribution is 2.35. The Morgan fingerprint density at radius 2 is 1.53 bits per heavy atom. The molecule has 98 valence electrons. The molecule has 0 bridgehead atoms. The summed E-state index contributed by atoms with van der Waals surface area (Å²) in [6, 6.07) is 3.99. The Labute approximate surface area is 104 Å². The molecule has 0 aromatic heterocycles. The van der Waals surface area contributed by atoms with Gasteiger partial charge in [-0.2, -0.15) is 0 Å². The van der Waals surface area contributed by atoms with E-state index < -0.39 is 45.0 Å². The van der Waals surface area contributed by atoms with Gasteiger partial charge in [-0.05, 0) is 12.1 Å². The molecule has 0 amide bonds. The number of nitro groups is 1. The van der Waals surface area contributed by atoms with Crippen LogP contribution >= 0.6 is 0 Å². The van der Waals surface area contributed by atoms with Crippen molar-refractivity contribution in [3.63, 3.8) is 0 Å². The molecule has 0 saturated carbocycles. The minimum absolute atomic E-state index is 0.550. The summed E-state index contributed by atoms with van der Waals surface area (Å²) in [7, 11) is 0. The monoisotopic (exact) mass is 271 g/mol. The largest absolute Gasteiger partial charge is 0.280 e. The standard InChI is InChI=1S/C12H5F4NO2/c13-7-3-1-2-6(11(7)15)10-9(17(18)19)5-4-8(14)12(10)16/h1-5H. The van der Waals surface area contributed by atoms with E-state index in [1.165, 1.54) is 0 Å². The van der Waals surface area contributed by atoms with E-state index in [9.17, 15) is 27.7 Å². The van der Waals surface area contributed by atoms with Gasteiger partial charge in [-0.1, -0.05) is 12.1 Å². The molecule has 19 heavy (non-hydrogen) atoms. The van der Waals surface area contributed by atoms with Crippen molar-refractivity contribution >= 4 is 5.69 Å². The third kappa shape index (κ3) is 2.14. The van der Waals surface area contributed by atoms with Gasteiger partial charge in [-0.15, -0.1) is 0 Å². The first kappa shape index (κ1) is 13.0. The third-order valence-electron chi connectivity index (χ3n) is 2.49. The number of hydrogen-bond donors (Lipinski definition) is 0. The fraction of sp³-hybridized carbons (Fsp3) is 0. The number of nitro benzene ring substituents is 1. The zero-order valence-electron chi connectivity index (χ0n) is 9.16. The van der Waals surface area contributed by atoms with Crippen LogP contribution in [0.4, 0.5) is 23.2 Å². The summed E-state index contributed by atoms with van der Waals surface area (Å²) >= 11 is 0. The molecule has 3 nitrogen and oxygen atoms in total. The Balaban J connectivity index is 2.84. The molecule has 2 rings (SSSR count). The maximum absolute atomic E-state index is 13.7. The fourth-order valence-electron chi connectivity index (χ4n) is 1.65. The molecule has 2 aromatic carbocycles. The topological polar surface area (TPSA) is 43.1 Å². The Morgan fingerprint density at radius 3 is 2.16 bits per heavy atom. The smallest absolute Gasteiger partial charge is 0.258 e. The van der Waals surface area contributed by atoms with Gasteiger partial charge in [0, 0.05) is 11.6 Å². The summed E-state index contributed by atoms with van der Waals surface area (Å²) < 4.78 is 53.4. The van der Waals surface area contributed by atoms with Gasteiger partial charge in [0.05, 0.1) is 4.92 Å². The predicted octanol–water partition coefficient (Wildman–Crippen LogP) is 3.82. The Hall–Kier alpha value is -2.44. The lowest BCUT2D eigenvalue weighted by molar-refractivity contribution is -0.384. The van der Waals surface area contributed by atoms with Gasteiger partial charge in [-0.3, -0.25) is 10.1 Å². The van der Waals surface area contributed by atoms with Gasteiger partial charge in [0.15, 0.2) is 23.3 Å². The number of hydrogen-bond acceptors (Lipinski definition) is 2. The van der Waals surface area contributed by atoms with Gasteiger partial charge in [0.25, 0.3) is 5.69 Å². The highest BCUT2D eigenvalue weighted by molar-refractivity contribution is 5.74. The quantitative estimate of drug-likeness (QED) is 0.473. The van der Waals surface area contributed by atoms with Crippen molar-refractivity contribution in [3.8, 4) is 11.1 Å². The van der Waals surface area contributed by atoms with E-state index in [2.05, 4.69) is 0 Å². The maximum atomic E-state index is 13.7. The molecule has 0 fully saturated rings. The second-order valence-electron chi connectivity index (χ2n) is 3.61. The maximum Gasteiger partial charge on any atom is 0.280 e. The van der Waals surface area contributed by atoms with E-state index >= 15 is 0 Å². The van der Waals surface area contributed by atoms with Crippen LogP contribution in [0.15, 0.2) is 30.3 Å². The van der Waals surface area contributed by atoms with E-state index in [0.29, 0.717) is 12.1 Å². The first-order valence-corrected chi connectivity index (χ1v) is 5.00. The van der Waals surface area contributed by atoms with Gasteiger partial charge >= 0.3 is 0 Å². The highest BCUT2D eigenvalue weighted by atomic mass is 19.2. The molecule has 0 heterocycles. The van der Waals surface area contributed by atoms with Crippen molar-refractivity contribution in [1.82, 2.24) is 0 Å². The SMILES string of the molecule is O=[N+]([O-])c1ccc(F)c(F)c1-c1cccc(F)c1F. The van der Waals surface area contributed by atoms with Crippen LogP contribution in [0.5, 0.6) is 0 Å². The van der Waals surface area contributed by atoms with Crippen molar-refractivity contribution in [3.05, 3.63) is 63.7 Å². The molecule has 0 N–H and O–H groups in total. The summed E-state index contributed by atoms with van der Waals surface area (Å²) in [5.74, 6) is -5.77. The first-order valence-electron chi connectivity index (χ1n) is 5.00. The molecular weight excluding hydrogens is 266 g/mol. The second kappa shape index (κ2) is 4.68. The summed E-state index contributed by atoms with van der Waals surface area (Å²) in [6.07, 6.45) is 0. The molecule has 0 aliphatic heterocycles. The number of rotatable bonds is 2. The van der Waals surface area contributed by atoms with Crippen LogP contribution < -0.4 is 0 Å². The minimum Gasteiger partial charge on any atom is -0.258 e. The average molecular weight is 271 g/mol. The number of benzene rings is 2. The molecule has 0 atom stereocenters. The predicted molar refractivity (Wildman–Crippen MR) is 58.4 cm³/mol. The molecule has 0 radical (unpaired) electrons. The zero-order chi connectivity index (χ0) is 14.2. The summed E-state index contributed by atoms with van der Waals surface area (Å²) in [6.45, 7) is 0. The fourth-order valence-corrected chi connectivity index (χ4v) is 1.65. The normalized spacial score (nSPS) is 10.5. The lowest BCUT2D eigenvalue weighted by atomic mass is 10.0.